The molecule has 1 aromatic carbocycles. The van der Waals surface area contributed by atoms with Gasteiger partial charge in [-0.2, -0.15) is 0 Å². The van der Waals surface area contributed by atoms with Crippen molar-refractivity contribution in [3.05, 3.63) is 47.3 Å². The summed E-state index contributed by atoms with van der Waals surface area (Å²) in [6.45, 7) is 12.3. The number of nitrogens with zero attached hydrogens (tertiary/aromatic N) is 3. The first kappa shape index (κ1) is 36.4. The number of carbonyl (C=O) groups is 3. The molecule has 2 amide bonds. The summed E-state index contributed by atoms with van der Waals surface area (Å²) in [6, 6.07) is 4.77. The number of piperazine rings is 1. The molecule has 0 bridgehead atoms. The zero-order valence-corrected chi connectivity index (χ0v) is 28.6. The molecule has 1 aromatic rings. The summed E-state index contributed by atoms with van der Waals surface area (Å²) < 4.78 is 26.7. The molecule has 10 nitrogen and oxygen atoms in total. The molecule has 0 unspecified atom stereocenters. The number of benzene rings is 1. The summed E-state index contributed by atoms with van der Waals surface area (Å²) in [5, 5.41) is 14.0. The highest BCUT2D eigenvalue weighted by Gasteiger charge is 2.29. The van der Waals surface area contributed by atoms with Crippen LogP contribution in [0, 0.1) is 23.6 Å². The molecular formula is C36H53FN4O6. The molecule has 47 heavy (non-hydrogen) atoms. The lowest BCUT2D eigenvalue weighted by atomic mass is 9.91. The molecule has 0 spiro atoms. The Morgan fingerprint density at radius 1 is 1.00 bits per heavy atom. The Kier molecular flexibility index (Phi) is 13.2. The summed E-state index contributed by atoms with van der Waals surface area (Å²) >= 11 is 0. The van der Waals surface area contributed by atoms with E-state index in [1.807, 2.05) is 57.0 Å². The second-order valence-corrected chi connectivity index (χ2v) is 13.7. The molecule has 0 aliphatic carbocycles. The summed E-state index contributed by atoms with van der Waals surface area (Å²) in [4.78, 5) is 43.4. The van der Waals surface area contributed by atoms with Crippen molar-refractivity contribution in [2.45, 2.75) is 78.1 Å². The van der Waals surface area contributed by atoms with Gasteiger partial charge in [0, 0.05) is 64.3 Å². The van der Waals surface area contributed by atoms with Crippen LogP contribution in [0.3, 0.4) is 0 Å². The third-order valence-electron chi connectivity index (χ3n) is 9.67. The Labute approximate surface area is 278 Å². The number of amides is 2. The van der Waals surface area contributed by atoms with Gasteiger partial charge in [0.25, 0.3) is 0 Å². The largest absolute Gasteiger partial charge is 0.457 e. The van der Waals surface area contributed by atoms with Crippen LogP contribution in [0.2, 0.25) is 0 Å². The molecule has 2 N–H and O–H groups in total. The number of ether oxygens (including phenoxy) is 2. The van der Waals surface area contributed by atoms with Crippen LogP contribution < -0.4 is 5.32 Å². The summed E-state index contributed by atoms with van der Waals surface area (Å²) in [5.41, 5.74) is 2.00. The molecule has 3 aliphatic rings. The van der Waals surface area contributed by atoms with E-state index in [2.05, 4.69) is 10.2 Å². The average Bonchev–Trinajstić information content (AvgIpc) is 3.03. The predicted molar refractivity (Wildman–Crippen MR) is 180 cm³/mol. The highest BCUT2D eigenvalue weighted by molar-refractivity contribution is 5.73. The fraction of sp³-hybridized carbons (Fsp3) is 0.639. The molecule has 11 heteroatoms. The first-order valence-corrected chi connectivity index (χ1v) is 17.1. The van der Waals surface area contributed by atoms with E-state index in [1.54, 1.807) is 11.8 Å². The van der Waals surface area contributed by atoms with Gasteiger partial charge in [0.15, 0.2) is 0 Å². The Balaban J connectivity index is 1.48. The normalized spacial score (nSPS) is 28.1. The van der Waals surface area contributed by atoms with E-state index in [9.17, 15) is 23.9 Å². The Morgan fingerprint density at radius 2 is 1.70 bits per heavy atom. The van der Waals surface area contributed by atoms with Crippen molar-refractivity contribution < 1.29 is 33.4 Å². The van der Waals surface area contributed by atoms with Gasteiger partial charge in [0.05, 0.1) is 12.5 Å². The van der Waals surface area contributed by atoms with Crippen molar-refractivity contribution in [3.63, 3.8) is 0 Å². The minimum Gasteiger partial charge on any atom is -0.457 e. The number of hydrogen-bond donors (Lipinski definition) is 2. The lowest BCUT2D eigenvalue weighted by Gasteiger charge is -2.33. The van der Waals surface area contributed by atoms with Gasteiger partial charge in [-0.05, 0) is 86.9 Å². The number of anilines is 1. The monoisotopic (exact) mass is 656 g/mol. The van der Waals surface area contributed by atoms with Gasteiger partial charge in [-0.25, -0.2) is 9.18 Å². The van der Waals surface area contributed by atoms with E-state index in [-0.39, 0.29) is 36.1 Å². The van der Waals surface area contributed by atoms with Gasteiger partial charge in [-0.1, -0.05) is 26.0 Å². The minimum atomic E-state index is -0.880. The lowest BCUT2D eigenvalue weighted by Crippen LogP contribution is -2.48. The molecule has 3 aliphatic heterocycles. The zero-order chi connectivity index (χ0) is 34.1. The van der Waals surface area contributed by atoms with E-state index in [4.69, 9.17) is 9.47 Å². The van der Waals surface area contributed by atoms with Crippen molar-refractivity contribution in [2.24, 2.45) is 17.8 Å². The molecule has 0 aromatic heterocycles. The summed E-state index contributed by atoms with van der Waals surface area (Å²) in [5.74, 6) is -0.766. The number of nitrogens with one attached hydrogen (secondary N) is 1. The molecule has 2 fully saturated rings. The van der Waals surface area contributed by atoms with Crippen LogP contribution >= 0.6 is 0 Å². The number of aliphatic hydroxyl groups is 1. The summed E-state index contributed by atoms with van der Waals surface area (Å²) in [6.07, 6.45) is 5.79. The van der Waals surface area contributed by atoms with Crippen molar-refractivity contribution in [1.82, 2.24) is 14.7 Å². The maximum Gasteiger partial charge on any atom is 0.410 e. The number of hydrogen-bond acceptors (Lipinski definition) is 8. The lowest BCUT2D eigenvalue weighted by molar-refractivity contribution is -0.151. The fourth-order valence-electron chi connectivity index (χ4n) is 6.49. The minimum absolute atomic E-state index is 0.0741. The van der Waals surface area contributed by atoms with Gasteiger partial charge in [0.2, 0.25) is 5.91 Å². The van der Waals surface area contributed by atoms with Gasteiger partial charge in [-0.15, -0.1) is 0 Å². The third kappa shape index (κ3) is 11.1. The maximum atomic E-state index is 14.8. The van der Waals surface area contributed by atoms with Gasteiger partial charge in [0.1, 0.15) is 18.0 Å². The van der Waals surface area contributed by atoms with Crippen molar-refractivity contribution in [3.8, 4) is 0 Å². The topological polar surface area (TPSA) is 112 Å². The van der Waals surface area contributed by atoms with Gasteiger partial charge in [-0.3, -0.25) is 9.59 Å². The zero-order valence-electron chi connectivity index (χ0n) is 28.6. The van der Waals surface area contributed by atoms with E-state index < -0.39 is 24.3 Å². The standard InChI is InChI=1S/C36H53FN4O6/c1-24-6-8-32(43)22-34(44)47-35(25(2)7-9-33(24)46-36(45)41-16-14-39(5)15-17-41)26(3)18-29-19-30(37)21-31(20-29)38-23-28-10-12-40(13-11-28)27(4)42/h7,9,18-21,24-25,28,32-33,35,38,43H,6,8,10-17,22-23H2,1-5H3/b9-7-,26-18+/t24-,25-,32+,33-,35-/m0/s1. The number of aliphatic hydroxyl groups excluding tert-OH is 1. The number of cyclic esters (lactones) is 1. The van der Waals surface area contributed by atoms with Crippen molar-refractivity contribution >= 4 is 29.7 Å². The number of likely N-dealkylation sites (N-methyl/N-ethyl adjacent to an activating group) is 1. The highest BCUT2D eigenvalue weighted by atomic mass is 19.1. The number of halogens is 1. The Hall–Kier alpha value is -3.44. The fourth-order valence-corrected chi connectivity index (χ4v) is 6.49. The highest BCUT2D eigenvalue weighted by Crippen LogP contribution is 2.27. The van der Waals surface area contributed by atoms with E-state index in [0.29, 0.717) is 55.2 Å². The Bertz CT molecular complexity index is 1290. The number of likely N-dealkylation sites (tertiary alicyclic amines) is 1. The summed E-state index contributed by atoms with van der Waals surface area (Å²) in [7, 11) is 2.03. The van der Waals surface area contributed by atoms with Crippen molar-refractivity contribution in [2.75, 3.05) is 58.2 Å². The van der Waals surface area contributed by atoms with E-state index in [1.165, 1.54) is 12.1 Å². The van der Waals surface area contributed by atoms with E-state index >= 15 is 0 Å². The first-order valence-electron chi connectivity index (χ1n) is 17.1. The SMILES string of the molecule is CC(=O)N1CCC(CNc2cc(F)cc(/C=C(\C)[C@H]3OC(=O)C[C@H](O)CC[C@H](C)[C@@H](OC(=O)N4CCN(C)CC4)/C=C\[C@@H]3C)c2)CC1. The second-order valence-electron chi connectivity index (χ2n) is 13.7. The van der Waals surface area contributed by atoms with Crippen LogP contribution in [-0.2, 0) is 19.1 Å². The molecule has 0 radical (unpaired) electrons. The van der Waals surface area contributed by atoms with Crippen molar-refractivity contribution in [1.29, 1.82) is 0 Å². The van der Waals surface area contributed by atoms with Crippen LogP contribution in [0.4, 0.5) is 14.9 Å². The van der Waals surface area contributed by atoms with Crippen LogP contribution in [0.5, 0.6) is 0 Å². The smallest absolute Gasteiger partial charge is 0.410 e. The Morgan fingerprint density at radius 3 is 2.38 bits per heavy atom. The number of carbonyl (C=O) groups excluding carboxylic acids is 3. The van der Waals surface area contributed by atoms with Gasteiger partial charge >= 0.3 is 12.1 Å². The molecule has 260 valence electrons. The number of esters is 1. The van der Waals surface area contributed by atoms with E-state index in [0.717, 1.165) is 39.0 Å². The van der Waals surface area contributed by atoms with Gasteiger partial charge < -0.3 is 34.6 Å². The first-order chi connectivity index (χ1) is 22.4. The third-order valence-corrected chi connectivity index (χ3v) is 9.67. The number of rotatable bonds is 6. The maximum absolute atomic E-state index is 14.8. The van der Waals surface area contributed by atoms with Crippen LogP contribution in [0.25, 0.3) is 6.08 Å². The number of piperidine rings is 1. The van der Waals surface area contributed by atoms with Crippen LogP contribution in [0.1, 0.15) is 65.4 Å². The molecule has 2 saturated heterocycles. The van der Waals surface area contributed by atoms with Crippen LogP contribution in [-0.4, -0.2) is 109 Å². The second kappa shape index (κ2) is 17.1. The predicted octanol–water partition coefficient (Wildman–Crippen LogP) is 4.94. The molecule has 5 atom stereocenters. The van der Waals surface area contributed by atoms with Crippen LogP contribution in [0.15, 0.2) is 35.9 Å². The molecule has 0 saturated carbocycles. The quantitative estimate of drug-likeness (QED) is 0.328. The molecule has 4 rings (SSSR count). The average molecular weight is 657 g/mol. The molecular weight excluding hydrogens is 603 g/mol. The molecule has 3 heterocycles.